The van der Waals surface area contributed by atoms with Gasteiger partial charge in [0, 0.05) is 23.1 Å². The summed E-state index contributed by atoms with van der Waals surface area (Å²) in [7, 11) is 0. The number of allylic oxidation sites excluding steroid dienone is 1. The van der Waals surface area contributed by atoms with Crippen LogP contribution in [0.25, 0.3) is 6.08 Å². The fraction of sp³-hybridized carbons (Fsp3) is 0.219. The van der Waals surface area contributed by atoms with Crippen molar-refractivity contribution in [3.63, 3.8) is 0 Å². The van der Waals surface area contributed by atoms with Crippen molar-refractivity contribution in [1.29, 1.82) is 10.5 Å². The molecule has 0 radical (unpaired) electrons. The number of hydrogen-bond donors (Lipinski definition) is 0. The van der Waals surface area contributed by atoms with Crippen LogP contribution in [0.4, 0.5) is 5.69 Å². The molecule has 0 N–H and O–H groups in total. The van der Waals surface area contributed by atoms with E-state index in [0.717, 1.165) is 35.2 Å². The van der Waals surface area contributed by atoms with Crippen molar-refractivity contribution in [3.8, 4) is 12.1 Å². The summed E-state index contributed by atoms with van der Waals surface area (Å²) in [5.41, 5.74) is 4.97. The van der Waals surface area contributed by atoms with E-state index < -0.39 is 6.04 Å². The monoisotopic (exact) mass is 467 g/mol. The number of Topliss-reactive ketones (excluding diaryl/α,β-unsaturated/α-hetero) is 1. The molecule has 0 aromatic heterocycles. The smallest absolute Gasteiger partial charge is 0.185 e. The third-order valence-electron chi connectivity index (χ3n) is 7.80. The summed E-state index contributed by atoms with van der Waals surface area (Å²) in [5, 5.41) is 19.9. The number of para-hydroxylation sites is 1. The molecule has 1 aliphatic carbocycles. The number of ketones is 1. The highest BCUT2D eigenvalue weighted by molar-refractivity contribution is 6.04. The summed E-state index contributed by atoms with van der Waals surface area (Å²) in [6.07, 6.45) is 6.26. The van der Waals surface area contributed by atoms with Gasteiger partial charge in [0.1, 0.15) is 23.8 Å². The Kier molecular flexibility index (Phi) is 5.51. The van der Waals surface area contributed by atoms with Crippen LogP contribution in [-0.2, 0) is 0 Å². The van der Waals surface area contributed by atoms with Gasteiger partial charge in [0.05, 0.1) is 6.04 Å². The number of fused-ring (bicyclic) bond motifs is 3. The van der Waals surface area contributed by atoms with Gasteiger partial charge in [0.25, 0.3) is 0 Å². The van der Waals surface area contributed by atoms with Gasteiger partial charge < -0.3 is 4.90 Å². The first-order valence-electron chi connectivity index (χ1n) is 12.5. The number of carbonyl (C=O) groups excluding carboxylic acids is 1. The predicted molar refractivity (Wildman–Crippen MR) is 140 cm³/mol. The van der Waals surface area contributed by atoms with Crippen molar-refractivity contribution in [2.24, 2.45) is 11.8 Å². The topological polar surface area (TPSA) is 67.9 Å². The maximum Gasteiger partial charge on any atom is 0.185 e. The average Bonchev–Trinajstić information content (AvgIpc) is 3.72. The maximum atomic E-state index is 14.3. The van der Waals surface area contributed by atoms with Crippen molar-refractivity contribution in [2.75, 3.05) is 4.90 Å². The molecule has 2 fully saturated rings. The van der Waals surface area contributed by atoms with Crippen LogP contribution in [0.2, 0.25) is 0 Å². The van der Waals surface area contributed by atoms with Crippen molar-refractivity contribution >= 4 is 17.5 Å². The van der Waals surface area contributed by atoms with E-state index in [4.69, 9.17) is 0 Å². The van der Waals surface area contributed by atoms with Gasteiger partial charge in [-0.05, 0) is 41.5 Å². The zero-order valence-corrected chi connectivity index (χ0v) is 19.8. The molecule has 6 rings (SSSR count). The minimum Gasteiger partial charge on any atom is -0.353 e. The second-order valence-electron chi connectivity index (χ2n) is 9.78. The van der Waals surface area contributed by atoms with E-state index in [-0.39, 0.29) is 35.2 Å². The van der Waals surface area contributed by atoms with Crippen LogP contribution >= 0.6 is 0 Å². The number of carbonyl (C=O) groups is 1. The van der Waals surface area contributed by atoms with Crippen LogP contribution in [0.15, 0.2) is 102 Å². The predicted octanol–water partition coefficient (Wildman–Crippen LogP) is 6.31. The summed E-state index contributed by atoms with van der Waals surface area (Å²) in [6.45, 7) is 0. The van der Waals surface area contributed by atoms with E-state index in [1.807, 2.05) is 60.7 Å². The molecule has 3 aliphatic rings. The van der Waals surface area contributed by atoms with Gasteiger partial charge in [-0.2, -0.15) is 10.5 Å². The zero-order valence-electron chi connectivity index (χ0n) is 19.8. The molecule has 2 heterocycles. The van der Waals surface area contributed by atoms with Gasteiger partial charge in [0.2, 0.25) is 0 Å². The third kappa shape index (κ3) is 3.55. The number of benzene rings is 3. The minimum absolute atomic E-state index is 0.0627. The molecule has 174 valence electrons. The minimum atomic E-state index is -0.469. The van der Waals surface area contributed by atoms with Gasteiger partial charge >= 0.3 is 0 Å². The highest BCUT2D eigenvalue weighted by atomic mass is 16.1. The first-order chi connectivity index (χ1) is 17.7. The molecule has 3 aromatic carbocycles. The summed E-state index contributed by atoms with van der Waals surface area (Å²) in [4.78, 5) is 16.6. The Hall–Kier alpha value is -4.41. The van der Waals surface area contributed by atoms with Crippen LogP contribution in [0.1, 0.15) is 40.2 Å². The molecule has 2 aliphatic heterocycles. The molecule has 0 bridgehead atoms. The van der Waals surface area contributed by atoms with Crippen molar-refractivity contribution < 1.29 is 4.79 Å². The normalized spacial score (nSPS) is 23.7. The Bertz CT molecular complexity index is 1440. The van der Waals surface area contributed by atoms with Crippen LogP contribution in [0.3, 0.4) is 0 Å². The highest BCUT2D eigenvalue weighted by Gasteiger charge is 2.56. The molecule has 3 aromatic rings. The van der Waals surface area contributed by atoms with Gasteiger partial charge in [-0.1, -0.05) is 91.0 Å². The first kappa shape index (κ1) is 22.1. The quantitative estimate of drug-likeness (QED) is 0.326. The Balaban J connectivity index is 1.63. The van der Waals surface area contributed by atoms with Crippen molar-refractivity contribution in [2.45, 2.75) is 30.8 Å². The lowest BCUT2D eigenvalue weighted by Crippen LogP contribution is -2.43. The Morgan fingerprint density at radius 1 is 0.833 bits per heavy atom. The number of anilines is 1. The highest BCUT2D eigenvalue weighted by Crippen LogP contribution is 2.56. The van der Waals surface area contributed by atoms with E-state index >= 15 is 0 Å². The fourth-order valence-corrected chi connectivity index (χ4v) is 6.23. The second-order valence-corrected chi connectivity index (χ2v) is 9.78. The molecule has 4 nitrogen and oxygen atoms in total. The van der Waals surface area contributed by atoms with Gasteiger partial charge in [-0.25, -0.2) is 0 Å². The lowest BCUT2D eigenvalue weighted by atomic mass is 9.73. The fourth-order valence-electron chi connectivity index (χ4n) is 6.23. The molecule has 1 saturated carbocycles. The number of nitrogens with zero attached hydrogens (tertiary/aromatic N) is 3. The SMILES string of the molecule is N#CC(C#N)=C(C1CC1)[C@@H]1[C@H](c2ccccc2)[C@@H](C(=O)c2ccccc2)N2c3ccccc3C=C[C@H]12. The molecular weight excluding hydrogens is 442 g/mol. The Morgan fingerprint density at radius 3 is 2.14 bits per heavy atom. The lowest BCUT2D eigenvalue weighted by Gasteiger charge is -2.36. The van der Waals surface area contributed by atoms with Crippen LogP contribution in [0.5, 0.6) is 0 Å². The van der Waals surface area contributed by atoms with Crippen molar-refractivity contribution in [1.82, 2.24) is 0 Å². The molecule has 4 heteroatoms. The molecule has 0 spiro atoms. The largest absolute Gasteiger partial charge is 0.353 e. The summed E-state index contributed by atoms with van der Waals surface area (Å²) >= 11 is 0. The van der Waals surface area contributed by atoms with E-state index in [1.165, 1.54) is 0 Å². The summed E-state index contributed by atoms with van der Waals surface area (Å²) < 4.78 is 0. The number of hydrogen-bond acceptors (Lipinski definition) is 4. The number of nitriles is 2. The van der Waals surface area contributed by atoms with Crippen molar-refractivity contribution in [3.05, 3.63) is 119 Å². The van der Waals surface area contributed by atoms with Gasteiger partial charge in [-0.3, -0.25) is 4.79 Å². The Labute approximate surface area is 211 Å². The lowest BCUT2D eigenvalue weighted by molar-refractivity contribution is 0.0952. The standard InChI is InChI=1S/C32H25N3O/c33-19-25(20-34)28(23-15-16-23)30-27-18-17-21-9-7-8-14-26(21)35(27)31(29(30)22-10-3-1-4-11-22)32(36)24-12-5-2-6-13-24/h1-14,17-18,23,27,29-31H,15-16H2/t27-,29+,30-,31+/m1/s1. The Morgan fingerprint density at radius 2 is 1.47 bits per heavy atom. The van der Waals surface area contributed by atoms with Crippen LogP contribution in [0, 0.1) is 34.5 Å². The molecule has 36 heavy (non-hydrogen) atoms. The molecule has 0 unspecified atom stereocenters. The van der Waals surface area contributed by atoms with Crippen LogP contribution < -0.4 is 4.90 Å². The van der Waals surface area contributed by atoms with Crippen LogP contribution in [-0.4, -0.2) is 17.9 Å². The molecule has 4 atom stereocenters. The van der Waals surface area contributed by atoms with E-state index in [1.54, 1.807) is 0 Å². The van der Waals surface area contributed by atoms with Gasteiger partial charge in [0.15, 0.2) is 5.78 Å². The van der Waals surface area contributed by atoms with E-state index in [2.05, 4.69) is 53.5 Å². The third-order valence-corrected chi connectivity index (χ3v) is 7.80. The molecular formula is C32H25N3O. The second kappa shape index (κ2) is 8.99. The zero-order chi connectivity index (χ0) is 24.6. The summed E-state index contributed by atoms with van der Waals surface area (Å²) in [5.74, 6) is -0.0790. The van der Waals surface area contributed by atoms with E-state index in [0.29, 0.717) is 5.56 Å². The van der Waals surface area contributed by atoms with E-state index in [9.17, 15) is 15.3 Å². The van der Waals surface area contributed by atoms with Gasteiger partial charge in [-0.15, -0.1) is 0 Å². The molecule has 1 saturated heterocycles. The maximum absolute atomic E-state index is 14.3. The molecule has 0 amide bonds. The number of rotatable bonds is 5. The first-order valence-corrected chi connectivity index (χ1v) is 12.5. The summed E-state index contributed by atoms with van der Waals surface area (Å²) in [6, 6.07) is 31.6. The average molecular weight is 468 g/mol.